The molecule has 0 radical (unpaired) electrons. The summed E-state index contributed by atoms with van der Waals surface area (Å²) in [7, 11) is 0. The van der Waals surface area contributed by atoms with E-state index in [4.69, 9.17) is 9.72 Å². The van der Waals surface area contributed by atoms with Gasteiger partial charge >= 0.3 is 0 Å². The van der Waals surface area contributed by atoms with Crippen molar-refractivity contribution < 1.29 is 9.53 Å². The Labute approximate surface area is 191 Å². The van der Waals surface area contributed by atoms with Crippen molar-refractivity contribution >= 4 is 27.7 Å². The smallest absolute Gasteiger partial charge is 0.251 e. The number of carbonyl (C=O) groups is 1. The third-order valence-electron chi connectivity index (χ3n) is 5.63. The van der Waals surface area contributed by atoms with Crippen molar-refractivity contribution in [1.82, 2.24) is 19.9 Å². The molecule has 0 saturated heterocycles. The Hall–Kier alpha value is -4.19. The van der Waals surface area contributed by atoms with E-state index in [1.807, 2.05) is 42.5 Å². The summed E-state index contributed by atoms with van der Waals surface area (Å²) in [5, 5.41) is 5.24. The number of fused-ring (bicyclic) bond motifs is 2. The molecule has 2 heterocycles. The lowest BCUT2D eigenvalue weighted by molar-refractivity contribution is 0.0953. The number of aromatic nitrogens is 3. The zero-order chi connectivity index (χ0) is 22.5. The molecule has 0 aliphatic heterocycles. The van der Waals surface area contributed by atoms with Crippen molar-refractivity contribution in [2.45, 2.75) is 13.0 Å². The largest absolute Gasteiger partial charge is 0.491 e. The summed E-state index contributed by atoms with van der Waals surface area (Å²) in [6.07, 6.45) is 3.86. The molecule has 3 aromatic carbocycles. The van der Waals surface area contributed by atoms with E-state index < -0.39 is 0 Å². The van der Waals surface area contributed by atoms with Crippen LogP contribution in [0.15, 0.2) is 91.3 Å². The monoisotopic (exact) mass is 436 g/mol. The fourth-order valence-corrected chi connectivity index (χ4v) is 4.03. The van der Waals surface area contributed by atoms with Gasteiger partial charge in [-0.2, -0.15) is 0 Å². The molecule has 164 valence electrons. The van der Waals surface area contributed by atoms with Gasteiger partial charge in [0.2, 0.25) is 0 Å². The van der Waals surface area contributed by atoms with Crippen molar-refractivity contribution in [2.24, 2.45) is 0 Å². The normalized spacial score (nSPS) is 11.0. The minimum atomic E-state index is -0.112. The van der Waals surface area contributed by atoms with Crippen LogP contribution in [0.3, 0.4) is 0 Å². The Balaban J connectivity index is 1.29. The molecule has 5 rings (SSSR count). The first kappa shape index (κ1) is 20.7. The summed E-state index contributed by atoms with van der Waals surface area (Å²) in [5.41, 5.74) is 2.61. The number of nitrogens with one attached hydrogen (secondary N) is 1. The average molecular weight is 437 g/mol. The van der Waals surface area contributed by atoms with Crippen LogP contribution in [0.4, 0.5) is 0 Å². The van der Waals surface area contributed by atoms with Gasteiger partial charge in [-0.1, -0.05) is 48.5 Å². The van der Waals surface area contributed by atoms with Crippen molar-refractivity contribution in [2.75, 3.05) is 13.2 Å². The second-order valence-electron chi connectivity index (χ2n) is 7.74. The lowest BCUT2D eigenvalue weighted by Crippen LogP contribution is -2.26. The number of ether oxygens (including phenoxy) is 1. The number of hydrogen-bond donors (Lipinski definition) is 1. The van der Waals surface area contributed by atoms with Crippen LogP contribution in [0.25, 0.3) is 21.8 Å². The first-order valence-corrected chi connectivity index (χ1v) is 11.0. The average Bonchev–Trinajstić information content (AvgIpc) is 3.22. The molecule has 33 heavy (non-hydrogen) atoms. The number of para-hydroxylation sites is 2. The van der Waals surface area contributed by atoms with Crippen molar-refractivity contribution in [3.05, 3.63) is 103 Å². The Kier molecular flexibility index (Phi) is 5.97. The maximum absolute atomic E-state index is 12.3. The molecule has 6 nitrogen and oxygen atoms in total. The molecule has 2 aromatic heterocycles. The fourth-order valence-electron chi connectivity index (χ4n) is 4.03. The maximum Gasteiger partial charge on any atom is 0.251 e. The summed E-state index contributed by atoms with van der Waals surface area (Å²) in [6, 6.07) is 25.8. The number of pyridine rings is 1. The fraction of sp³-hybridized carbons (Fsp3) is 0.148. The molecule has 0 aliphatic carbocycles. The van der Waals surface area contributed by atoms with Crippen LogP contribution in [0.1, 0.15) is 16.2 Å². The number of nitrogens with zero attached hydrogens (tertiary/aromatic N) is 3. The van der Waals surface area contributed by atoms with Crippen LogP contribution in [0, 0.1) is 0 Å². The van der Waals surface area contributed by atoms with Gasteiger partial charge in [0.25, 0.3) is 5.91 Å². The SMILES string of the molecule is O=C(NCCc1nc2ccccc2n1CCOc1cccc2ccccc12)c1ccncc1. The molecular formula is C27H24N4O2. The zero-order valence-electron chi connectivity index (χ0n) is 18.1. The van der Waals surface area contributed by atoms with Gasteiger partial charge in [-0.25, -0.2) is 4.98 Å². The van der Waals surface area contributed by atoms with Crippen LogP contribution < -0.4 is 10.1 Å². The number of amides is 1. The summed E-state index contributed by atoms with van der Waals surface area (Å²) in [5.74, 6) is 1.69. The highest BCUT2D eigenvalue weighted by Gasteiger charge is 2.12. The van der Waals surface area contributed by atoms with Gasteiger partial charge < -0.3 is 14.6 Å². The van der Waals surface area contributed by atoms with Crippen molar-refractivity contribution in [3.8, 4) is 5.75 Å². The van der Waals surface area contributed by atoms with Crippen LogP contribution in [-0.4, -0.2) is 33.6 Å². The molecule has 1 N–H and O–H groups in total. The molecule has 0 atom stereocenters. The van der Waals surface area contributed by atoms with E-state index in [0.717, 1.165) is 33.4 Å². The predicted molar refractivity (Wildman–Crippen MR) is 129 cm³/mol. The second-order valence-corrected chi connectivity index (χ2v) is 7.74. The topological polar surface area (TPSA) is 69.0 Å². The predicted octanol–water partition coefficient (Wildman–Crippen LogP) is 4.64. The first-order valence-electron chi connectivity index (χ1n) is 11.0. The highest BCUT2D eigenvalue weighted by Crippen LogP contribution is 2.25. The molecule has 0 saturated carbocycles. The summed E-state index contributed by atoms with van der Waals surface area (Å²) in [4.78, 5) is 21.1. The van der Waals surface area contributed by atoms with Crippen LogP contribution in [-0.2, 0) is 13.0 Å². The summed E-state index contributed by atoms with van der Waals surface area (Å²) < 4.78 is 8.35. The standard InChI is InChI=1S/C27H24N4O2/c32-27(21-12-15-28-16-13-21)29-17-14-26-30-23-9-3-4-10-24(23)31(26)18-19-33-25-11-5-7-20-6-1-2-8-22(20)25/h1-13,15-16H,14,17-19H2,(H,29,32). The summed E-state index contributed by atoms with van der Waals surface area (Å²) >= 11 is 0. The van der Waals surface area contributed by atoms with Crippen molar-refractivity contribution in [1.29, 1.82) is 0 Å². The minimum Gasteiger partial charge on any atom is -0.491 e. The quantitative estimate of drug-likeness (QED) is 0.385. The Morgan fingerprint density at radius 2 is 1.70 bits per heavy atom. The Morgan fingerprint density at radius 1 is 0.909 bits per heavy atom. The van der Waals surface area contributed by atoms with Gasteiger partial charge in [0.1, 0.15) is 18.2 Å². The van der Waals surface area contributed by atoms with E-state index in [2.05, 4.69) is 39.1 Å². The highest BCUT2D eigenvalue weighted by molar-refractivity contribution is 5.94. The third kappa shape index (κ3) is 4.55. The lowest BCUT2D eigenvalue weighted by atomic mass is 10.1. The van der Waals surface area contributed by atoms with Crippen LogP contribution >= 0.6 is 0 Å². The van der Waals surface area contributed by atoms with Gasteiger partial charge in [-0.15, -0.1) is 0 Å². The van der Waals surface area contributed by atoms with Crippen LogP contribution in [0.2, 0.25) is 0 Å². The van der Waals surface area contributed by atoms with E-state index in [1.165, 1.54) is 0 Å². The van der Waals surface area contributed by atoms with Gasteiger partial charge in [-0.05, 0) is 35.7 Å². The lowest BCUT2D eigenvalue weighted by Gasteiger charge is -2.13. The molecule has 0 spiro atoms. The molecule has 0 bridgehead atoms. The minimum absolute atomic E-state index is 0.112. The second kappa shape index (κ2) is 9.53. The van der Waals surface area contributed by atoms with E-state index in [-0.39, 0.29) is 5.91 Å². The van der Waals surface area contributed by atoms with E-state index in [0.29, 0.717) is 31.7 Å². The summed E-state index contributed by atoms with van der Waals surface area (Å²) in [6.45, 7) is 1.68. The molecule has 5 aromatic rings. The Morgan fingerprint density at radius 3 is 2.61 bits per heavy atom. The zero-order valence-corrected chi connectivity index (χ0v) is 18.1. The molecule has 1 amide bonds. The Bertz CT molecular complexity index is 1390. The van der Waals surface area contributed by atoms with Gasteiger partial charge in [0, 0.05) is 36.3 Å². The van der Waals surface area contributed by atoms with Crippen LogP contribution in [0.5, 0.6) is 5.75 Å². The number of benzene rings is 3. The molecule has 6 heteroatoms. The number of hydrogen-bond acceptors (Lipinski definition) is 4. The molecule has 0 unspecified atom stereocenters. The highest BCUT2D eigenvalue weighted by atomic mass is 16.5. The van der Waals surface area contributed by atoms with Gasteiger partial charge in [-0.3, -0.25) is 9.78 Å². The molecule has 0 fully saturated rings. The maximum atomic E-state index is 12.3. The van der Waals surface area contributed by atoms with Crippen molar-refractivity contribution in [3.63, 3.8) is 0 Å². The number of carbonyl (C=O) groups excluding carboxylic acids is 1. The molecule has 0 aliphatic rings. The first-order chi connectivity index (χ1) is 16.3. The number of rotatable bonds is 8. The number of imidazole rings is 1. The van der Waals surface area contributed by atoms with Gasteiger partial charge in [0.05, 0.1) is 17.6 Å². The molecular weight excluding hydrogens is 412 g/mol. The van der Waals surface area contributed by atoms with E-state index >= 15 is 0 Å². The van der Waals surface area contributed by atoms with Gasteiger partial charge in [0.15, 0.2) is 0 Å². The van der Waals surface area contributed by atoms with E-state index in [1.54, 1.807) is 24.5 Å². The third-order valence-corrected chi connectivity index (χ3v) is 5.63. The van der Waals surface area contributed by atoms with E-state index in [9.17, 15) is 4.79 Å².